The number of rotatable bonds is 6. The van der Waals surface area contributed by atoms with E-state index in [1.54, 1.807) is 18.2 Å². The zero-order valence-electron chi connectivity index (χ0n) is 12.2. The second kappa shape index (κ2) is 6.45. The number of ether oxygens (including phenoxy) is 1. The second-order valence-corrected chi connectivity index (χ2v) is 5.27. The Balaban J connectivity index is 2.80. The molecule has 0 saturated heterocycles. The van der Waals surface area contributed by atoms with E-state index in [-0.39, 0.29) is 11.4 Å². The number of benzene rings is 1. The van der Waals surface area contributed by atoms with Gasteiger partial charge < -0.3 is 15.8 Å². The van der Waals surface area contributed by atoms with Crippen LogP contribution in [0.15, 0.2) is 18.2 Å². The number of hydrogen-bond donors (Lipinski definition) is 2. The van der Waals surface area contributed by atoms with Crippen molar-refractivity contribution in [1.82, 2.24) is 5.32 Å². The maximum Gasteiger partial charge on any atom is 0.251 e. The van der Waals surface area contributed by atoms with Crippen molar-refractivity contribution in [2.75, 3.05) is 12.3 Å². The monoisotopic (exact) mass is 264 g/mol. The molecule has 1 amide bonds. The van der Waals surface area contributed by atoms with Crippen molar-refractivity contribution < 1.29 is 9.53 Å². The van der Waals surface area contributed by atoms with Crippen LogP contribution in [0.5, 0.6) is 5.75 Å². The van der Waals surface area contributed by atoms with Gasteiger partial charge in [-0.2, -0.15) is 0 Å². The van der Waals surface area contributed by atoms with Crippen LogP contribution < -0.4 is 15.8 Å². The second-order valence-electron chi connectivity index (χ2n) is 5.27. The Kier molecular flexibility index (Phi) is 5.21. The maximum absolute atomic E-state index is 12.1. The zero-order valence-corrected chi connectivity index (χ0v) is 12.2. The summed E-state index contributed by atoms with van der Waals surface area (Å²) in [6, 6.07) is 5.13. The SMILES string of the molecule is CCCC(C)(C)NC(=O)c1ccc(OCC)c(N)c1. The van der Waals surface area contributed by atoms with Crippen molar-refractivity contribution in [2.24, 2.45) is 0 Å². The Morgan fingerprint density at radius 2 is 2.05 bits per heavy atom. The van der Waals surface area contributed by atoms with Crippen LogP contribution in [0.25, 0.3) is 0 Å². The summed E-state index contributed by atoms with van der Waals surface area (Å²) >= 11 is 0. The van der Waals surface area contributed by atoms with Gasteiger partial charge in [-0.3, -0.25) is 4.79 Å². The van der Waals surface area contributed by atoms with Crippen LogP contribution in [-0.4, -0.2) is 18.1 Å². The minimum absolute atomic E-state index is 0.104. The molecule has 0 atom stereocenters. The lowest BCUT2D eigenvalue weighted by atomic mass is 9.98. The van der Waals surface area contributed by atoms with E-state index in [0.29, 0.717) is 23.6 Å². The van der Waals surface area contributed by atoms with Gasteiger partial charge in [0.25, 0.3) is 5.91 Å². The van der Waals surface area contributed by atoms with Crippen molar-refractivity contribution in [2.45, 2.75) is 46.1 Å². The van der Waals surface area contributed by atoms with Gasteiger partial charge in [-0.15, -0.1) is 0 Å². The molecule has 3 N–H and O–H groups in total. The first-order chi connectivity index (χ1) is 8.89. The van der Waals surface area contributed by atoms with Crippen LogP contribution in [0.3, 0.4) is 0 Å². The molecule has 0 aliphatic rings. The minimum Gasteiger partial charge on any atom is -0.492 e. The van der Waals surface area contributed by atoms with Gasteiger partial charge in [-0.25, -0.2) is 0 Å². The number of anilines is 1. The Hall–Kier alpha value is -1.71. The molecule has 106 valence electrons. The molecule has 1 aromatic rings. The van der Waals surface area contributed by atoms with E-state index in [0.717, 1.165) is 12.8 Å². The summed E-state index contributed by atoms with van der Waals surface area (Å²) in [5.41, 5.74) is 6.70. The van der Waals surface area contributed by atoms with Crippen LogP contribution in [0.2, 0.25) is 0 Å². The molecule has 4 nitrogen and oxygen atoms in total. The summed E-state index contributed by atoms with van der Waals surface area (Å²) < 4.78 is 5.35. The molecule has 0 radical (unpaired) electrons. The molecule has 19 heavy (non-hydrogen) atoms. The molecule has 1 rings (SSSR count). The number of nitrogens with two attached hydrogens (primary N) is 1. The summed E-state index contributed by atoms with van der Waals surface area (Å²) in [5.74, 6) is 0.514. The Bertz CT molecular complexity index is 442. The van der Waals surface area contributed by atoms with Gasteiger partial charge >= 0.3 is 0 Å². The zero-order chi connectivity index (χ0) is 14.5. The predicted molar refractivity (Wildman–Crippen MR) is 78.5 cm³/mol. The maximum atomic E-state index is 12.1. The van der Waals surface area contributed by atoms with Crippen molar-refractivity contribution in [3.8, 4) is 5.75 Å². The topological polar surface area (TPSA) is 64.3 Å². The third-order valence-electron chi connectivity index (χ3n) is 2.90. The molecule has 0 aliphatic carbocycles. The number of hydrogen-bond acceptors (Lipinski definition) is 3. The molecule has 0 spiro atoms. The average molecular weight is 264 g/mol. The van der Waals surface area contributed by atoms with E-state index in [1.807, 2.05) is 20.8 Å². The van der Waals surface area contributed by atoms with Crippen LogP contribution >= 0.6 is 0 Å². The summed E-state index contributed by atoms with van der Waals surface area (Å²) in [6.45, 7) is 8.59. The fraction of sp³-hybridized carbons (Fsp3) is 0.533. The number of nitrogens with one attached hydrogen (secondary N) is 1. The molecule has 0 bridgehead atoms. The van der Waals surface area contributed by atoms with Gasteiger partial charge in [0.1, 0.15) is 5.75 Å². The summed E-state index contributed by atoms with van der Waals surface area (Å²) in [6.07, 6.45) is 1.96. The number of carbonyl (C=O) groups is 1. The molecule has 0 fully saturated rings. The molecule has 4 heteroatoms. The van der Waals surface area contributed by atoms with E-state index in [9.17, 15) is 4.79 Å². The summed E-state index contributed by atoms with van der Waals surface area (Å²) in [4.78, 5) is 12.1. The lowest BCUT2D eigenvalue weighted by molar-refractivity contribution is 0.0909. The number of carbonyl (C=O) groups excluding carboxylic acids is 1. The summed E-state index contributed by atoms with van der Waals surface area (Å²) in [7, 11) is 0. The number of nitrogen functional groups attached to an aromatic ring is 1. The van der Waals surface area contributed by atoms with Gasteiger partial charge in [-0.1, -0.05) is 13.3 Å². The Morgan fingerprint density at radius 1 is 1.37 bits per heavy atom. The van der Waals surface area contributed by atoms with Crippen LogP contribution in [-0.2, 0) is 0 Å². The molecule has 0 aromatic heterocycles. The largest absolute Gasteiger partial charge is 0.492 e. The van der Waals surface area contributed by atoms with Crippen molar-refractivity contribution in [3.05, 3.63) is 23.8 Å². The third-order valence-corrected chi connectivity index (χ3v) is 2.90. The Labute approximate surface area is 115 Å². The van der Waals surface area contributed by atoms with E-state index in [1.165, 1.54) is 0 Å². The highest BCUT2D eigenvalue weighted by molar-refractivity contribution is 5.95. The lowest BCUT2D eigenvalue weighted by Gasteiger charge is -2.25. The molecule has 0 saturated carbocycles. The fourth-order valence-corrected chi connectivity index (χ4v) is 2.04. The molecule has 0 aliphatic heterocycles. The normalized spacial score (nSPS) is 11.2. The van der Waals surface area contributed by atoms with Crippen LogP contribution in [0.1, 0.15) is 50.9 Å². The third kappa shape index (κ3) is 4.47. The van der Waals surface area contributed by atoms with Crippen molar-refractivity contribution >= 4 is 11.6 Å². The minimum atomic E-state index is -0.209. The highest BCUT2D eigenvalue weighted by Crippen LogP contribution is 2.23. The molecule has 0 unspecified atom stereocenters. The fourth-order valence-electron chi connectivity index (χ4n) is 2.04. The van der Waals surface area contributed by atoms with Gasteiger partial charge in [0, 0.05) is 11.1 Å². The molecule has 1 aromatic carbocycles. The Morgan fingerprint density at radius 3 is 2.58 bits per heavy atom. The first-order valence-electron chi connectivity index (χ1n) is 6.74. The first kappa shape index (κ1) is 15.3. The molecular weight excluding hydrogens is 240 g/mol. The van der Waals surface area contributed by atoms with E-state index < -0.39 is 0 Å². The highest BCUT2D eigenvalue weighted by atomic mass is 16.5. The van der Waals surface area contributed by atoms with Crippen molar-refractivity contribution in [3.63, 3.8) is 0 Å². The van der Waals surface area contributed by atoms with E-state index >= 15 is 0 Å². The lowest BCUT2D eigenvalue weighted by Crippen LogP contribution is -2.43. The van der Waals surface area contributed by atoms with Gasteiger partial charge in [-0.05, 0) is 45.4 Å². The first-order valence-corrected chi connectivity index (χ1v) is 6.74. The standard InChI is InChI=1S/C15H24N2O2/c1-5-9-15(3,4)17-14(18)11-7-8-13(19-6-2)12(16)10-11/h7-8,10H,5-6,9,16H2,1-4H3,(H,17,18). The van der Waals surface area contributed by atoms with E-state index in [2.05, 4.69) is 12.2 Å². The van der Waals surface area contributed by atoms with Crippen molar-refractivity contribution in [1.29, 1.82) is 0 Å². The molecule has 0 heterocycles. The number of amides is 1. The quantitative estimate of drug-likeness (QED) is 0.776. The van der Waals surface area contributed by atoms with Crippen LogP contribution in [0.4, 0.5) is 5.69 Å². The van der Waals surface area contributed by atoms with E-state index in [4.69, 9.17) is 10.5 Å². The van der Waals surface area contributed by atoms with Gasteiger partial charge in [0.2, 0.25) is 0 Å². The summed E-state index contributed by atoms with van der Waals surface area (Å²) in [5, 5.41) is 3.02. The highest BCUT2D eigenvalue weighted by Gasteiger charge is 2.20. The van der Waals surface area contributed by atoms with Gasteiger partial charge in [0.15, 0.2) is 0 Å². The van der Waals surface area contributed by atoms with Crippen LogP contribution in [0, 0.1) is 0 Å². The smallest absolute Gasteiger partial charge is 0.251 e. The predicted octanol–water partition coefficient (Wildman–Crippen LogP) is 2.98. The van der Waals surface area contributed by atoms with Gasteiger partial charge in [0.05, 0.1) is 12.3 Å². The average Bonchev–Trinajstić information content (AvgIpc) is 2.31. The molecular formula is C15H24N2O2.